The van der Waals surface area contributed by atoms with Crippen molar-refractivity contribution in [3.63, 3.8) is 0 Å². The van der Waals surface area contributed by atoms with Crippen LogP contribution in [0.2, 0.25) is 0 Å². The van der Waals surface area contributed by atoms with Gasteiger partial charge in [-0.25, -0.2) is 0 Å². The fourth-order valence-electron chi connectivity index (χ4n) is 1.98. The average molecular weight is 268 g/mol. The molecule has 19 heavy (non-hydrogen) atoms. The Morgan fingerprint density at radius 2 is 2.00 bits per heavy atom. The van der Waals surface area contributed by atoms with E-state index < -0.39 is 0 Å². The molecule has 0 aliphatic heterocycles. The van der Waals surface area contributed by atoms with E-state index >= 15 is 0 Å². The van der Waals surface area contributed by atoms with Crippen molar-refractivity contribution < 1.29 is 15.3 Å². The summed E-state index contributed by atoms with van der Waals surface area (Å²) < 4.78 is 0. The maximum absolute atomic E-state index is 9.63. The number of aliphatic hydroxyl groups is 1. The van der Waals surface area contributed by atoms with Gasteiger partial charge in [0.1, 0.15) is 11.5 Å². The number of aromatic hydroxyl groups is 2. The van der Waals surface area contributed by atoms with Gasteiger partial charge in [-0.1, -0.05) is 6.42 Å². The molecule has 108 valence electrons. The molecule has 0 aliphatic rings. The second-order valence-corrected chi connectivity index (χ2v) is 4.68. The number of benzene rings is 1. The summed E-state index contributed by atoms with van der Waals surface area (Å²) in [5, 5.41) is 31.5. The highest BCUT2D eigenvalue weighted by Gasteiger charge is 2.07. The Labute approximate surface area is 114 Å². The molecule has 5 heteroatoms. The molecule has 0 aliphatic carbocycles. The van der Waals surface area contributed by atoms with E-state index in [1.54, 1.807) is 6.07 Å². The molecule has 1 atom stereocenters. The molecule has 1 aromatic carbocycles. The maximum atomic E-state index is 9.63. The predicted octanol–water partition coefficient (Wildman–Crippen LogP) is 0.720. The molecule has 0 spiro atoms. The second-order valence-electron chi connectivity index (χ2n) is 4.68. The Kier molecular flexibility index (Phi) is 7.25. The Hall–Kier alpha value is -1.30. The summed E-state index contributed by atoms with van der Waals surface area (Å²) in [4.78, 5) is 0. The van der Waals surface area contributed by atoms with Crippen molar-refractivity contribution in [2.45, 2.75) is 31.7 Å². The summed E-state index contributed by atoms with van der Waals surface area (Å²) in [5.41, 5.74) is 6.13. The molecule has 6 N–H and O–H groups in total. The van der Waals surface area contributed by atoms with Crippen molar-refractivity contribution in [3.8, 4) is 11.5 Å². The molecule has 0 aromatic heterocycles. The average Bonchev–Trinajstić information content (AvgIpc) is 2.41. The van der Waals surface area contributed by atoms with Crippen LogP contribution < -0.4 is 11.1 Å². The minimum atomic E-state index is 0.0611. The zero-order valence-corrected chi connectivity index (χ0v) is 11.2. The fraction of sp³-hybridized carbons (Fsp3) is 0.571. The topological polar surface area (TPSA) is 98.7 Å². The summed E-state index contributed by atoms with van der Waals surface area (Å²) in [6, 6.07) is 4.55. The van der Waals surface area contributed by atoms with Crippen LogP contribution in [0.4, 0.5) is 0 Å². The van der Waals surface area contributed by atoms with Crippen LogP contribution in [-0.2, 0) is 6.42 Å². The lowest BCUT2D eigenvalue weighted by Crippen LogP contribution is -2.34. The molecule has 0 amide bonds. The summed E-state index contributed by atoms with van der Waals surface area (Å²) >= 11 is 0. The van der Waals surface area contributed by atoms with E-state index in [1.165, 1.54) is 12.1 Å². The number of phenolic OH excluding ortho intramolecular Hbond substituents is 2. The third-order valence-corrected chi connectivity index (χ3v) is 3.12. The smallest absolute Gasteiger partial charge is 0.119 e. The summed E-state index contributed by atoms with van der Waals surface area (Å²) in [6.07, 6.45) is 3.45. The second kappa shape index (κ2) is 8.74. The first-order valence-corrected chi connectivity index (χ1v) is 6.72. The van der Waals surface area contributed by atoms with E-state index in [9.17, 15) is 15.3 Å². The number of hydrogen-bond acceptors (Lipinski definition) is 5. The van der Waals surface area contributed by atoms with E-state index in [4.69, 9.17) is 5.73 Å². The Bertz CT molecular complexity index is 372. The third-order valence-electron chi connectivity index (χ3n) is 3.12. The summed E-state index contributed by atoms with van der Waals surface area (Å²) in [5.74, 6) is 0.331. The van der Waals surface area contributed by atoms with Crippen LogP contribution in [-0.4, -0.2) is 41.1 Å². The van der Waals surface area contributed by atoms with Crippen molar-refractivity contribution >= 4 is 0 Å². The van der Waals surface area contributed by atoms with Gasteiger partial charge >= 0.3 is 0 Å². The normalized spacial score (nSPS) is 12.5. The monoisotopic (exact) mass is 268 g/mol. The first-order chi connectivity index (χ1) is 9.17. The van der Waals surface area contributed by atoms with Crippen LogP contribution in [0.5, 0.6) is 11.5 Å². The van der Waals surface area contributed by atoms with Gasteiger partial charge in [-0.2, -0.15) is 0 Å². The van der Waals surface area contributed by atoms with Gasteiger partial charge in [-0.3, -0.25) is 0 Å². The SMILES string of the molecule is NCCCC[C@@H](CO)NCCc1cc(O)ccc1O. The molecule has 0 fully saturated rings. The van der Waals surface area contributed by atoms with Gasteiger partial charge in [0.2, 0.25) is 0 Å². The molecular weight excluding hydrogens is 244 g/mol. The molecule has 0 saturated heterocycles. The fourth-order valence-corrected chi connectivity index (χ4v) is 1.98. The van der Waals surface area contributed by atoms with Crippen molar-refractivity contribution in [1.82, 2.24) is 5.32 Å². The number of unbranched alkanes of at least 4 members (excludes halogenated alkanes) is 1. The summed E-state index contributed by atoms with van der Waals surface area (Å²) in [7, 11) is 0. The van der Waals surface area contributed by atoms with Gasteiger partial charge in [0.25, 0.3) is 0 Å². The predicted molar refractivity (Wildman–Crippen MR) is 75.3 cm³/mol. The first kappa shape index (κ1) is 15.8. The minimum Gasteiger partial charge on any atom is -0.508 e. The largest absolute Gasteiger partial charge is 0.508 e. The van der Waals surface area contributed by atoms with Crippen LogP contribution >= 0.6 is 0 Å². The molecule has 0 unspecified atom stereocenters. The molecule has 0 radical (unpaired) electrons. The van der Waals surface area contributed by atoms with Gasteiger partial charge in [0.15, 0.2) is 0 Å². The van der Waals surface area contributed by atoms with Crippen LogP contribution in [0.25, 0.3) is 0 Å². The van der Waals surface area contributed by atoms with Crippen molar-refractivity contribution in [3.05, 3.63) is 23.8 Å². The standard InChI is InChI=1S/C14H24N2O3/c15-7-2-1-3-12(10-17)16-8-6-11-9-13(18)4-5-14(11)19/h4-5,9,12,16-19H,1-3,6-8,10,15H2/t12-/m0/s1. The zero-order chi connectivity index (χ0) is 14.1. The van der Waals surface area contributed by atoms with Gasteiger partial charge in [0, 0.05) is 6.04 Å². The van der Waals surface area contributed by atoms with Gasteiger partial charge in [0.05, 0.1) is 6.61 Å². The Morgan fingerprint density at radius 3 is 2.68 bits per heavy atom. The van der Waals surface area contributed by atoms with Gasteiger partial charge in [-0.15, -0.1) is 0 Å². The lowest BCUT2D eigenvalue weighted by Gasteiger charge is -2.16. The van der Waals surface area contributed by atoms with Gasteiger partial charge < -0.3 is 26.4 Å². The number of aliphatic hydroxyl groups excluding tert-OH is 1. The molecule has 1 aromatic rings. The highest BCUT2D eigenvalue weighted by atomic mass is 16.3. The highest BCUT2D eigenvalue weighted by molar-refractivity contribution is 5.38. The van der Waals surface area contributed by atoms with Gasteiger partial charge in [-0.05, 0) is 56.1 Å². The van der Waals surface area contributed by atoms with Crippen LogP contribution in [0, 0.1) is 0 Å². The van der Waals surface area contributed by atoms with Crippen LogP contribution in [0.15, 0.2) is 18.2 Å². The maximum Gasteiger partial charge on any atom is 0.119 e. The number of hydrogen-bond donors (Lipinski definition) is 5. The number of nitrogens with two attached hydrogens (primary N) is 1. The van der Waals surface area contributed by atoms with Crippen LogP contribution in [0.1, 0.15) is 24.8 Å². The van der Waals surface area contributed by atoms with E-state index in [0.717, 1.165) is 19.3 Å². The van der Waals surface area contributed by atoms with E-state index in [2.05, 4.69) is 5.32 Å². The van der Waals surface area contributed by atoms with Crippen molar-refractivity contribution in [2.24, 2.45) is 5.73 Å². The van der Waals surface area contributed by atoms with E-state index in [1.807, 2.05) is 0 Å². The highest BCUT2D eigenvalue weighted by Crippen LogP contribution is 2.22. The van der Waals surface area contributed by atoms with Crippen molar-refractivity contribution in [2.75, 3.05) is 19.7 Å². The minimum absolute atomic E-state index is 0.0611. The molecular formula is C14H24N2O3. The molecule has 0 heterocycles. The lowest BCUT2D eigenvalue weighted by molar-refractivity contribution is 0.233. The van der Waals surface area contributed by atoms with E-state index in [-0.39, 0.29) is 24.1 Å². The molecule has 1 rings (SSSR count). The van der Waals surface area contributed by atoms with E-state index in [0.29, 0.717) is 25.1 Å². The molecule has 0 saturated carbocycles. The zero-order valence-electron chi connectivity index (χ0n) is 11.2. The Balaban J connectivity index is 2.33. The van der Waals surface area contributed by atoms with Crippen LogP contribution in [0.3, 0.4) is 0 Å². The lowest BCUT2D eigenvalue weighted by atomic mass is 10.1. The number of rotatable bonds is 9. The quantitative estimate of drug-likeness (QED) is 0.336. The summed E-state index contributed by atoms with van der Waals surface area (Å²) in [6.45, 7) is 1.41. The first-order valence-electron chi connectivity index (χ1n) is 6.72. The molecule has 5 nitrogen and oxygen atoms in total. The Morgan fingerprint density at radius 1 is 1.21 bits per heavy atom. The number of phenols is 2. The third kappa shape index (κ3) is 5.92. The molecule has 0 bridgehead atoms. The number of nitrogens with one attached hydrogen (secondary N) is 1. The van der Waals surface area contributed by atoms with Crippen molar-refractivity contribution in [1.29, 1.82) is 0 Å².